The molecule has 2 rings (SSSR count). The molecule has 98 valence electrons. The van der Waals surface area contributed by atoms with Crippen molar-refractivity contribution in [1.82, 2.24) is 4.90 Å². The summed E-state index contributed by atoms with van der Waals surface area (Å²) in [6, 6.07) is 0.145. The lowest BCUT2D eigenvalue weighted by molar-refractivity contribution is -0.147. The van der Waals surface area contributed by atoms with Crippen LogP contribution in [0.1, 0.15) is 39.0 Å². The van der Waals surface area contributed by atoms with Gasteiger partial charge in [0.1, 0.15) is 0 Å². The summed E-state index contributed by atoms with van der Waals surface area (Å²) in [6.07, 6.45) is 5.44. The summed E-state index contributed by atoms with van der Waals surface area (Å²) in [5, 5.41) is 9.10. The summed E-state index contributed by atoms with van der Waals surface area (Å²) in [5.74, 6) is 0.830. The molecule has 0 radical (unpaired) electrons. The number of morpholine rings is 1. The summed E-state index contributed by atoms with van der Waals surface area (Å²) in [7, 11) is 0. The maximum atomic E-state index is 12.2. The number of hydrogen-bond donors (Lipinski definition) is 1. The summed E-state index contributed by atoms with van der Waals surface area (Å²) in [6.45, 7) is 3.10. The summed E-state index contributed by atoms with van der Waals surface area (Å²) >= 11 is 0. The molecule has 2 atom stereocenters. The molecule has 0 aromatic carbocycles. The smallest absolute Gasteiger partial charge is 0.223 e. The average molecular weight is 241 g/mol. The number of aliphatic hydroxyl groups excluding tert-OH is 1. The lowest BCUT2D eigenvalue weighted by Gasteiger charge is -2.38. The van der Waals surface area contributed by atoms with Gasteiger partial charge < -0.3 is 14.7 Å². The molecule has 1 aliphatic carbocycles. The Morgan fingerprint density at radius 3 is 2.76 bits per heavy atom. The lowest BCUT2D eigenvalue weighted by atomic mass is 10.0. The molecule has 4 nitrogen and oxygen atoms in total. The van der Waals surface area contributed by atoms with Crippen LogP contribution >= 0.6 is 0 Å². The number of aliphatic hydroxyl groups is 1. The van der Waals surface area contributed by atoms with Crippen molar-refractivity contribution < 1.29 is 14.6 Å². The first kappa shape index (κ1) is 12.8. The monoisotopic (exact) mass is 241 g/mol. The molecule has 1 N–H and O–H groups in total. The van der Waals surface area contributed by atoms with Crippen molar-refractivity contribution in [2.45, 2.75) is 51.2 Å². The van der Waals surface area contributed by atoms with Crippen LogP contribution in [0.3, 0.4) is 0 Å². The fourth-order valence-electron chi connectivity index (χ4n) is 2.85. The Bertz CT molecular complexity index is 263. The van der Waals surface area contributed by atoms with Gasteiger partial charge >= 0.3 is 0 Å². The van der Waals surface area contributed by atoms with E-state index in [2.05, 4.69) is 0 Å². The van der Waals surface area contributed by atoms with Crippen LogP contribution in [0.4, 0.5) is 0 Å². The molecule has 1 saturated heterocycles. The molecule has 1 saturated carbocycles. The minimum absolute atomic E-state index is 0.0000709. The number of rotatable bonds is 3. The van der Waals surface area contributed by atoms with E-state index in [1.807, 2.05) is 11.8 Å². The largest absolute Gasteiger partial charge is 0.394 e. The van der Waals surface area contributed by atoms with E-state index >= 15 is 0 Å². The minimum Gasteiger partial charge on any atom is -0.394 e. The van der Waals surface area contributed by atoms with E-state index in [0.717, 1.165) is 0 Å². The molecule has 0 bridgehead atoms. The molecule has 17 heavy (non-hydrogen) atoms. The van der Waals surface area contributed by atoms with Crippen LogP contribution in [0.5, 0.6) is 0 Å². The Balaban J connectivity index is 1.87. The number of nitrogens with zero attached hydrogens (tertiary/aromatic N) is 1. The standard InChI is InChI=1S/C13H23NO3/c1-10-9-17-12(8-15)7-14(10)13(16)6-11-4-2-3-5-11/h10-12,15H,2-9H2,1H3. The maximum Gasteiger partial charge on any atom is 0.223 e. The second kappa shape index (κ2) is 5.83. The fourth-order valence-corrected chi connectivity index (χ4v) is 2.85. The van der Waals surface area contributed by atoms with E-state index in [9.17, 15) is 4.79 Å². The van der Waals surface area contributed by atoms with Gasteiger partial charge in [0.2, 0.25) is 5.91 Å². The molecular formula is C13H23NO3. The predicted molar refractivity (Wildman–Crippen MR) is 64.6 cm³/mol. The van der Waals surface area contributed by atoms with Crippen LogP contribution in [0, 0.1) is 5.92 Å². The number of hydrogen-bond acceptors (Lipinski definition) is 3. The van der Waals surface area contributed by atoms with Crippen LogP contribution in [-0.4, -0.2) is 47.8 Å². The molecule has 1 amide bonds. The number of carbonyl (C=O) groups excluding carboxylic acids is 1. The summed E-state index contributed by atoms with van der Waals surface area (Å²) < 4.78 is 5.45. The average Bonchev–Trinajstić information content (AvgIpc) is 2.82. The first-order chi connectivity index (χ1) is 8.20. The van der Waals surface area contributed by atoms with Gasteiger partial charge in [0.05, 0.1) is 25.4 Å². The molecule has 0 aromatic heterocycles. The van der Waals surface area contributed by atoms with E-state index < -0.39 is 0 Å². The SMILES string of the molecule is CC1COC(CO)CN1C(=O)CC1CCCC1. The topological polar surface area (TPSA) is 49.8 Å². The van der Waals surface area contributed by atoms with Crippen LogP contribution in [-0.2, 0) is 9.53 Å². The Morgan fingerprint density at radius 2 is 2.12 bits per heavy atom. The quantitative estimate of drug-likeness (QED) is 0.807. The van der Waals surface area contributed by atoms with Crippen LogP contribution in [0.15, 0.2) is 0 Å². The first-order valence-corrected chi connectivity index (χ1v) is 6.72. The molecule has 0 aromatic rings. The second-order valence-electron chi connectivity index (χ2n) is 5.39. The molecular weight excluding hydrogens is 218 g/mol. The molecule has 1 aliphatic heterocycles. The molecule has 0 spiro atoms. The van der Waals surface area contributed by atoms with Gasteiger partial charge in [0.15, 0.2) is 0 Å². The van der Waals surface area contributed by atoms with E-state index in [1.165, 1.54) is 25.7 Å². The number of amides is 1. The van der Waals surface area contributed by atoms with Crippen molar-refractivity contribution in [2.24, 2.45) is 5.92 Å². The van der Waals surface area contributed by atoms with E-state index in [0.29, 0.717) is 25.5 Å². The van der Waals surface area contributed by atoms with Crippen LogP contribution < -0.4 is 0 Å². The maximum absolute atomic E-state index is 12.2. The van der Waals surface area contributed by atoms with Gasteiger partial charge in [0, 0.05) is 13.0 Å². The third kappa shape index (κ3) is 3.19. The lowest BCUT2D eigenvalue weighted by Crippen LogP contribution is -2.52. The Kier molecular flexibility index (Phi) is 4.40. The molecule has 1 heterocycles. The Labute approximate surface area is 103 Å². The zero-order chi connectivity index (χ0) is 12.3. The zero-order valence-electron chi connectivity index (χ0n) is 10.6. The van der Waals surface area contributed by atoms with Gasteiger partial charge in [-0.25, -0.2) is 0 Å². The highest BCUT2D eigenvalue weighted by Gasteiger charge is 2.30. The first-order valence-electron chi connectivity index (χ1n) is 6.72. The second-order valence-corrected chi connectivity index (χ2v) is 5.39. The number of carbonyl (C=O) groups is 1. The van der Waals surface area contributed by atoms with Crippen molar-refractivity contribution in [3.8, 4) is 0 Å². The highest BCUT2D eigenvalue weighted by molar-refractivity contribution is 5.77. The van der Waals surface area contributed by atoms with E-state index in [4.69, 9.17) is 9.84 Å². The summed E-state index contributed by atoms with van der Waals surface area (Å²) in [5.41, 5.74) is 0. The van der Waals surface area contributed by atoms with Gasteiger partial charge in [-0.05, 0) is 25.7 Å². The van der Waals surface area contributed by atoms with Gasteiger partial charge in [-0.15, -0.1) is 0 Å². The van der Waals surface area contributed by atoms with Crippen LogP contribution in [0.25, 0.3) is 0 Å². The zero-order valence-corrected chi connectivity index (χ0v) is 10.6. The highest BCUT2D eigenvalue weighted by Crippen LogP contribution is 2.28. The van der Waals surface area contributed by atoms with Crippen molar-refractivity contribution in [3.05, 3.63) is 0 Å². The highest BCUT2D eigenvalue weighted by atomic mass is 16.5. The fraction of sp³-hybridized carbons (Fsp3) is 0.923. The molecule has 2 unspecified atom stereocenters. The Morgan fingerprint density at radius 1 is 1.41 bits per heavy atom. The number of ether oxygens (including phenoxy) is 1. The van der Waals surface area contributed by atoms with Crippen molar-refractivity contribution >= 4 is 5.91 Å². The van der Waals surface area contributed by atoms with Crippen LogP contribution in [0.2, 0.25) is 0 Å². The minimum atomic E-state index is -0.196. The molecule has 4 heteroatoms. The molecule has 2 fully saturated rings. The Hall–Kier alpha value is -0.610. The summed E-state index contributed by atoms with van der Waals surface area (Å²) in [4.78, 5) is 14.1. The third-order valence-corrected chi connectivity index (χ3v) is 3.97. The van der Waals surface area contributed by atoms with Gasteiger partial charge in [-0.2, -0.15) is 0 Å². The van der Waals surface area contributed by atoms with Crippen molar-refractivity contribution in [3.63, 3.8) is 0 Å². The predicted octanol–water partition coefficient (Wildman–Crippen LogP) is 1.17. The van der Waals surface area contributed by atoms with Crippen molar-refractivity contribution in [1.29, 1.82) is 0 Å². The van der Waals surface area contributed by atoms with Crippen molar-refractivity contribution in [2.75, 3.05) is 19.8 Å². The van der Waals surface area contributed by atoms with Gasteiger partial charge in [-0.3, -0.25) is 4.79 Å². The normalized spacial score (nSPS) is 30.8. The molecule has 2 aliphatic rings. The van der Waals surface area contributed by atoms with Gasteiger partial charge in [-0.1, -0.05) is 12.8 Å². The van der Waals surface area contributed by atoms with E-state index in [-0.39, 0.29) is 24.7 Å². The third-order valence-electron chi connectivity index (χ3n) is 3.97. The van der Waals surface area contributed by atoms with E-state index in [1.54, 1.807) is 0 Å². The van der Waals surface area contributed by atoms with Gasteiger partial charge in [0.25, 0.3) is 0 Å².